The lowest BCUT2D eigenvalue weighted by Crippen LogP contribution is -2.37. The van der Waals surface area contributed by atoms with Crippen LogP contribution in [-0.4, -0.2) is 28.4 Å². The highest BCUT2D eigenvalue weighted by atomic mass is 35.5. The number of aryl methyl sites for hydroxylation is 1. The van der Waals surface area contributed by atoms with Crippen LogP contribution in [0.5, 0.6) is 0 Å². The van der Waals surface area contributed by atoms with Crippen molar-refractivity contribution in [1.29, 1.82) is 0 Å². The van der Waals surface area contributed by atoms with Gasteiger partial charge in [0.1, 0.15) is 12.4 Å². The number of H-pyrrole nitrogens is 1. The molecule has 2 N–H and O–H groups in total. The van der Waals surface area contributed by atoms with Crippen molar-refractivity contribution in [2.45, 2.75) is 11.6 Å². The van der Waals surface area contributed by atoms with Crippen LogP contribution in [0.3, 0.4) is 0 Å². The Kier molecular flexibility index (Phi) is 5.97. The molecule has 0 spiro atoms. The van der Waals surface area contributed by atoms with Crippen LogP contribution >= 0.6 is 11.6 Å². The number of sulfonamides is 1. The number of carbonyl (C=O) groups is 1. The van der Waals surface area contributed by atoms with Crippen LogP contribution in [0.1, 0.15) is 16.1 Å². The second-order valence-electron chi connectivity index (χ2n) is 8.25. The molecule has 0 atom stereocenters. The predicted octanol–water partition coefficient (Wildman–Crippen LogP) is 3.41. The third kappa shape index (κ3) is 4.11. The van der Waals surface area contributed by atoms with E-state index >= 15 is 0 Å². The maximum atomic E-state index is 13.5. The van der Waals surface area contributed by atoms with Gasteiger partial charge in [0.25, 0.3) is 21.5 Å². The first-order chi connectivity index (χ1) is 17.6. The average Bonchev–Trinajstić information content (AvgIpc) is 3.15. The van der Waals surface area contributed by atoms with Gasteiger partial charge in [-0.05, 0) is 48.0 Å². The second kappa shape index (κ2) is 9.02. The number of hydrogen-bond acceptors (Lipinski definition) is 5. The Labute approximate surface area is 213 Å². The van der Waals surface area contributed by atoms with Gasteiger partial charge >= 0.3 is 5.69 Å². The molecule has 188 valence electrons. The number of nitrogens with one attached hydrogen (secondary N) is 2. The first-order valence-electron chi connectivity index (χ1n) is 10.9. The zero-order valence-electron chi connectivity index (χ0n) is 19.2. The average molecular weight is 541 g/mol. The zero-order chi connectivity index (χ0) is 26.5. The summed E-state index contributed by atoms with van der Waals surface area (Å²) in [6.45, 7) is -0.774. The first-order valence-corrected chi connectivity index (χ1v) is 12.7. The molecule has 2 aromatic heterocycles. The molecule has 0 aliphatic carbocycles. The van der Waals surface area contributed by atoms with E-state index in [1.807, 2.05) is 4.72 Å². The van der Waals surface area contributed by atoms with Crippen LogP contribution in [0.25, 0.3) is 27.5 Å². The van der Waals surface area contributed by atoms with Gasteiger partial charge < -0.3 is 9.55 Å². The van der Waals surface area contributed by atoms with E-state index in [9.17, 15) is 27.2 Å². The van der Waals surface area contributed by atoms with E-state index in [0.29, 0.717) is 11.0 Å². The largest absolute Gasteiger partial charge is 0.338 e. The van der Waals surface area contributed by atoms with Gasteiger partial charge in [0, 0.05) is 17.5 Å². The molecule has 0 unspecified atom stereocenters. The minimum absolute atomic E-state index is 0.127. The van der Waals surface area contributed by atoms with Crippen LogP contribution in [0.4, 0.5) is 4.39 Å². The number of benzene rings is 3. The minimum Gasteiger partial charge on any atom is -0.338 e. The predicted molar refractivity (Wildman–Crippen MR) is 138 cm³/mol. The molecular formula is C25H18ClFN4O5S. The zero-order valence-corrected chi connectivity index (χ0v) is 20.7. The topological polar surface area (TPSA) is 123 Å². The van der Waals surface area contributed by atoms with E-state index in [4.69, 9.17) is 11.6 Å². The van der Waals surface area contributed by atoms with Gasteiger partial charge in [-0.1, -0.05) is 35.9 Å². The Morgan fingerprint density at radius 1 is 1.03 bits per heavy atom. The van der Waals surface area contributed by atoms with E-state index in [1.54, 1.807) is 30.3 Å². The molecular weight excluding hydrogens is 523 g/mol. The molecule has 0 aliphatic heterocycles. The van der Waals surface area contributed by atoms with Crippen molar-refractivity contribution in [2.24, 2.45) is 7.05 Å². The summed E-state index contributed by atoms with van der Waals surface area (Å²) in [5.74, 6) is -1.08. The van der Waals surface area contributed by atoms with Gasteiger partial charge in [-0.2, -0.15) is 0 Å². The SMILES string of the molecule is Cn1c(C(=O)NS(=O)(=O)c2ccc(CF)cc2)c(-n2c(=O)[nH]c3ccccc3c2=O)c2cc(Cl)ccc21. The first kappa shape index (κ1) is 24.5. The van der Waals surface area contributed by atoms with Crippen molar-refractivity contribution in [3.05, 3.63) is 104 Å². The van der Waals surface area contributed by atoms with Gasteiger partial charge in [0.2, 0.25) is 0 Å². The van der Waals surface area contributed by atoms with Crippen LogP contribution < -0.4 is 16.0 Å². The summed E-state index contributed by atoms with van der Waals surface area (Å²) in [5.41, 5.74) is -0.916. The Balaban J connectivity index is 1.75. The van der Waals surface area contributed by atoms with Crippen molar-refractivity contribution >= 4 is 49.3 Å². The van der Waals surface area contributed by atoms with E-state index in [0.717, 1.165) is 4.57 Å². The maximum Gasteiger partial charge on any atom is 0.333 e. The fourth-order valence-corrected chi connectivity index (χ4v) is 5.36. The van der Waals surface area contributed by atoms with E-state index < -0.39 is 33.9 Å². The highest BCUT2D eigenvalue weighted by Gasteiger charge is 2.28. The maximum absolute atomic E-state index is 13.5. The molecule has 5 aromatic rings. The normalized spacial score (nSPS) is 11.8. The van der Waals surface area contributed by atoms with E-state index in [1.165, 1.54) is 48.0 Å². The highest BCUT2D eigenvalue weighted by molar-refractivity contribution is 7.90. The Bertz CT molecular complexity index is 1940. The van der Waals surface area contributed by atoms with Gasteiger partial charge in [-0.3, -0.25) is 9.59 Å². The van der Waals surface area contributed by atoms with Crippen LogP contribution in [0, 0.1) is 0 Å². The number of amides is 1. The molecule has 0 aliphatic rings. The fraction of sp³-hybridized carbons (Fsp3) is 0.0800. The van der Waals surface area contributed by atoms with Gasteiger partial charge in [-0.15, -0.1) is 0 Å². The molecule has 0 bridgehead atoms. The monoisotopic (exact) mass is 540 g/mol. The Morgan fingerprint density at radius 2 is 1.73 bits per heavy atom. The third-order valence-electron chi connectivity index (χ3n) is 5.99. The summed E-state index contributed by atoms with van der Waals surface area (Å²) >= 11 is 6.20. The molecule has 0 saturated carbocycles. The quantitative estimate of drug-likeness (QED) is 0.354. The molecule has 3 aromatic carbocycles. The lowest BCUT2D eigenvalue weighted by molar-refractivity contribution is 0.0974. The Morgan fingerprint density at radius 3 is 2.43 bits per heavy atom. The van der Waals surface area contributed by atoms with E-state index in [2.05, 4.69) is 4.98 Å². The molecule has 37 heavy (non-hydrogen) atoms. The molecule has 0 saturated heterocycles. The van der Waals surface area contributed by atoms with Crippen LogP contribution in [0.15, 0.2) is 81.2 Å². The van der Waals surface area contributed by atoms with Gasteiger partial charge in [-0.25, -0.2) is 26.9 Å². The van der Waals surface area contributed by atoms with Crippen LogP contribution in [0.2, 0.25) is 5.02 Å². The number of hydrogen-bond donors (Lipinski definition) is 2. The summed E-state index contributed by atoms with van der Waals surface area (Å²) in [6, 6.07) is 15.9. The van der Waals surface area contributed by atoms with Crippen molar-refractivity contribution in [3.8, 4) is 5.69 Å². The standard InChI is InChI=1S/C25H18ClFN4O5S/c1-30-20-11-8-15(26)12-18(20)21(31-24(33)17-4-2-3-5-19(17)28-25(31)34)22(30)23(32)29-37(35,36)16-9-6-14(13-27)7-10-16/h2-12H,13H2,1H3,(H,28,34)(H,29,32). The Hall–Kier alpha value is -4.22. The molecule has 9 nitrogen and oxygen atoms in total. The summed E-state index contributed by atoms with van der Waals surface area (Å²) in [4.78, 5) is 42.4. The summed E-state index contributed by atoms with van der Waals surface area (Å²) in [5, 5.41) is 0.748. The summed E-state index contributed by atoms with van der Waals surface area (Å²) in [7, 11) is -2.89. The third-order valence-corrected chi connectivity index (χ3v) is 7.58. The number of para-hydroxylation sites is 1. The summed E-state index contributed by atoms with van der Waals surface area (Å²) in [6.07, 6.45) is 0. The molecule has 1 amide bonds. The number of alkyl halides is 1. The minimum atomic E-state index is -4.38. The second-order valence-corrected chi connectivity index (χ2v) is 10.4. The smallest absolute Gasteiger partial charge is 0.333 e. The lowest BCUT2D eigenvalue weighted by atomic mass is 10.2. The van der Waals surface area contributed by atoms with Crippen molar-refractivity contribution < 1.29 is 17.6 Å². The number of fused-ring (bicyclic) bond motifs is 2. The summed E-state index contributed by atoms with van der Waals surface area (Å²) < 4.78 is 42.9. The van der Waals surface area contributed by atoms with Crippen molar-refractivity contribution in [3.63, 3.8) is 0 Å². The molecule has 0 radical (unpaired) electrons. The number of carbonyl (C=O) groups excluding carboxylic acids is 1. The number of aromatic nitrogens is 3. The number of halogens is 2. The fourth-order valence-electron chi connectivity index (χ4n) is 4.24. The van der Waals surface area contributed by atoms with Crippen LogP contribution in [-0.2, 0) is 23.7 Å². The van der Waals surface area contributed by atoms with Gasteiger partial charge in [0.05, 0.1) is 27.0 Å². The lowest BCUT2D eigenvalue weighted by Gasteiger charge is -2.12. The highest BCUT2D eigenvalue weighted by Crippen LogP contribution is 2.30. The molecule has 5 rings (SSSR count). The van der Waals surface area contributed by atoms with Crippen molar-refractivity contribution in [2.75, 3.05) is 0 Å². The number of nitrogens with zero attached hydrogens (tertiary/aromatic N) is 2. The van der Waals surface area contributed by atoms with Gasteiger partial charge in [0.15, 0.2) is 0 Å². The number of rotatable bonds is 5. The van der Waals surface area contributed by atoms with E-state index in [-0.39, 0.29) is 37.6 Å². The molecule has 2 heterocycles. The number of aromatic amines is 1. The van der Waals surface area contributed by atoms with Crippen molar-refractivity contribution in [1.82, 2.24) is 18.8 Å². The molecule has 12 heteroatoms. The molecule has 0 fully saturated rings.